The Kier molecular flexibility index (Phi) is 4.01. The fourth-order valence-corrected chi connectivity index (χ4v) is 2.33. The van der Waals surface area contributed by atoms with E-state index in [-0.39, 0.29) is 11.3 Å². The second kappa shape index (κ2) is 5.72. The highest BCUT2D eigenvalue weighted by molar-refractivity contribution is 9.10. The topological polar surface area (TPSA) is 79.0 Å². The average molecular weight is 332 g/mol. The SMILES string of the molecule is Cc1ccc(Nc2ccc([N+](=O)[O-])c(C#N)c2)c(Br)c1. The van der Waals surface area contributed by atoms with Crippen molar-refractivity contribution in [2.45, 2.75) is 6.92 Å². The van der Waals surface area contributed by atoms with Gasteiger partial charge in [-0.1, -0.05) is 6.07 Å². The lowest BCUT2D eigenvalue weighted by Crippen LogP contribution is -1.96. The summed E-state index contributed by atoms with van der Waals surface area (Å²) >= 11 is 3.44. The summed E-state index contributed by atoms with van der Waals surface area (Å²) in [6.07, 6.45) is 0. The number of anilines is 2. The summed E-state index contributed by atoms with van der Waals surface area (Å²) in [7, 11) is 0. The molecule has 100 valence electrons. The summed E-state index contributed by atoms with van der Waals surface area (Å²) in [5.41, 5.74) is 2.40. The van der Waals surface area contributed by atoms with E-state index in [4.69, 9.17) is 5.26 Å². The Morgan fingerprint density at radius 2 is 2.05 bits per heavy atom. The highest BCUT2D eigenvalue weighted by atomic mass is 79.9. The fraction of sp³-hybridized carbons (Fsp3) is 0.0714. The van der Waals surface area contributed by atoms with Crippen LogP contribution in [0.5, 0.6) is 0 Å². The molecule has 0 heterocycles. The zero-order valence-electron chi connectivity index (χ0n) is 10.6. The Balaban J connectivity index is 2.35. The summed E-state index contributed by atoms with van der Waals surface area (Å²) in [5.74, 6) is 0. The van der Waals surface area contributed by atoms with Crippen molar-refractivity contribution >= 4 is 33.0 Å². The Morgan fingerprint density at radius 3 is 2.65 bits per heavy atom. The summed E-state index contributed by atoms with van der Waals surface area (Å²) in [5, 5.41) is 22.8. The molecule has 0 spiro atoms. The number of nitrogens with one attached hydrogen (secondary N) is 1. The number of nitro groups is 1. The van der Waals surface area contributed by atoms with Gasteiger partial charge in [0, 0.05) is 16.2 Å². The van der Waals surface area contributed by atoms with Gasteiger partial charge in [-0.3, -0.25) is 10.1 Å². The molecule has 0 aliphatic rings. The summed E-state index contributed by atoms with van der Waals surface area (Å²) in [4.78, 5) is 10.2. The van der Waals surface area contributed by atoms with Crippen LogP contribution in [0.4, 0.5) is 17.1 Å². The molecule has 5 nitrogen and oxygen atoms in total. The minimum absolute atomic E-state index is 0.0308. The van der Waals surface area contributed by atoms with Gasteiger partial charge in [-0.2, -0.15) is 5.26 Å². The zero-order chi connectivity index (χ0) is 14.7. The summed E-state index contributed by atoms with van der Waals surface area (Å²) < 4.78 is 0.884. The minimum atomic E-state index is -0.565. The molecule has 2 aromatic carbocycles. The largest absolute Gasteiger partial charge is 0.355 e. The van der Waals surface area contributed by atoms with Crippen LogP contribution in [-0.4, -0.2) is 4.92 Å². The Labute approximate surface area is 124 Å². The number of rotatable bonds is 3. The van der Waals surface area contributed by atoms with Crippen LogP contribution in [0.3, 0.4) is 0 Å². The van der Waals surface area contributed by atoms with Crippen molar-refractivity contribution in [1.82, 2.24) is 0 Å². The van der Waals surface area contributed by atoms with Gasteiger partial charge in [0.15, 0.2) is 0 Å². The zero-order valence-corrected chi connectivity index (χ0v) is 12.1. The summed E-state index contributed by atoms with van der Waals surface area (Å²) in [6, 6.07) is 12.0. The van der Waals surface area contributed by atoms with E-state index in [1.54, 1.807) is 6.07 Å². The molecular weight excluding hydrogens is 322 g/mol. The maximum absolute atomic E-state index is 10.8. The predicted octanol–water partition coefficient (Wildman–Crippen LogP) is 4.28. The van der Waals surface area contributed by atoms with E-state index >= 15 is 0 Å². The molecule has 0 saturated heterocycles. The number of halogens is 1. The number of nitrogens with zero attached hydrogens (tertiary/aromatic N) is 2. The maximum Gasteiger partial charge on any atom is 0.287 e. The number of nitro benzene ring substituents is 1. The fourth-order valence-electron chi connectivity index (χ4n) is 1.74. The molecule has 0 fully saturated rings. The standard InChI is InChI=1S/C14H10BrN3O2/c1-9-2-4-13(12(15)6-9)17-11-3-5-14(18(19)20)10(7-11)8-16/h2-7,17H,1H3. The van der Waals surface area contributed by atoms with Gasteiger partial charge in [0.05, 0.1) is 10.6 Å². The van der Waals surface area contributed by atoms with Gasteiger partial charge >= 0.3 is 0 Å². The molecule has 0 unspecified atom stereocenters. The Hall–Kier alpha value is -2.39. The average Bonchev–Trinajstić information content (AvgIpc) is 2.41. The first-order valence-electron chi connectivity index (χ1n) is 5.73. The van der Waals surface area contributed by atoms with Crippen molar-refractivity contribution in [3.05, 3.63) is 62.1 Å². The molecule has 0 aliphatic heterocycles. The molecule has 2 rings (SSSR count). The number of hydrogen-bond acceptors (Lipinski definition) is 4. The van der Waals surface area contributed by atoms with Gasteiger partial charge in [0.25, 0.3) is 5.69 Å². The van der Waals surface area contributed by atoms with Crippen molar-refractivity contribution in [2.75, 3.05) is 5.32 Å². The highest BCUT2D eigenvalue weighted by Crippen LogP contribution is 2.29. The number of benzene rings is 2. The molecule has 0 radical (unpaired) electrons. The van der Waals surface area contributed by atoms with E-state index in [1.807, 2.05) is 31.2 Å². The third-order valence-corrected chi connectivity index (χ3v) is 3.37. The van der Waals surface area contributed by atoms with E-state index in [9.17, 15) is 10.1 Å². The van der Waals surface area contributed by atoms with Crippen LogP contribution in [-0.2, 0) is 0 Å². The van der Waals surface area contributed by atoms with E-state index in [0.29, 0.717) is 5.69 Å². The second-order valence-corrected chi connectivity index (χ2v) is 5.06. The molecule has 0 bridgehead atoms. The van der Waals surface area contributed by atoms with Gasteiger partial charge < -0.3 is 5.32 Å². The van der Waals surface area contributed by atoms with Gasteiger partial charge in [0.1, 0.15) is 11.6 Å². The quantitative estimate of drug-likeness (QED) is 0.672. The Bertz CT molecular complexity index is 723. The smallest absolute Gasteiger partial charge is 0.287 e. The normalized spacial score (nSPS) is 9.85. The Morgan fingerprint density at radius 1 is 1.30 bits per heavy atom. The molecule has 0 aromatic heterocycles. The van der Waals surface area contributed by atoms with E-state index in [0.717, 1.165) is 15.7 Å². The van der Waals surface area contributed by atoms with Crippen LogP contribution in [0.1, 0.15) is 11.1 Å². The van der Waals surface area contributed by atoms with Crippen LogP contribution < -0.4 is 5.32 Å². The molecule has 0 saturated carbocycles. The first kappa shape index (κ1) is 14.0. The number of aryl methyl sites for hydroxylation is 1. The first-order valence-corrected chi connectivity index (χ1v) is 6.52. The lowest BCUT2D eigenvalue weighted by molar-refractivity contribution is -0.385. The van der Waals surface area contributed by atoms with Gasteiger partial charge in [-0.25, -0.2) is 0 Å². The van der Waals surface area contributed by atoms with Gasteiger partial charge in [-0.05, 0) is 52.7 Å². The molecule has 0 aliphatic carbocycles. The van der Waals surface area contributed by atoms with Crippen molar-refractivity contribution in [3.63, 3.8) is 0 Å². The van der Waals surface area contributed by atoms with E-state index in [1.165, 1.54) is 12.1 Å². The van der Waals surface area contributed by atoms with Gasteiger partial charge in [-0.15, -0.1) is 0 Å². The maximum atomic E-state index is 10.8. The lowest BCUT2D eigenvalue weighted by Gasteiger charge is -2.09. The van der Waals surface area contributed by atoms with Crippen LogP contribution in [0.25, 0.3) is 0 Å². The minimum Gasteiger partial charge on any atom is -0.355 e. The molecule has 1 N–H and O–H groups in total. The van der Waals surface area contributed by atoms with E-state index in [2.05, 4.69) is 21.2 Å². The van der Waals surface area contributed by atoms with E-state index < -0.39 is 4.92 Å². The number of hydrogen-bond donors (Lipinski definition) is 1. The lowest BCUT2D eigenvalue weighted by atomic mass is 10.1. The van der Waals surface area contributed by atoms with Gasteiger partial charge in [0.2, 0.25) is 0 Å². The number of nitriles is 1. The third kappa shape index (κ3) is 2.95. The predicted molar refractivity (Wildman–Crippen MR) is 80.0 cm³/mol. The van der Waals surface area contributed by atoms with Crippen molar-refractivity contribution in [2.24, 2.45) is 0 Å². The molecule has 2 aromatic rings. The van der Waals surface area contributed by atoms with Crippen LogP contribution in [0, 0.1) is 28.4 Å². The molecule has 20 heavy (non-hydrogen) atoms. The van der Waals surface area contributed by atoms with Crippen LogP contribution in [0.2, 0.25) is 0 Å². The third-order valence-electron chi connectivity index (χ3n) is 2.72. The first-order chi connectivity index (χ1) is 9.51. The van der Waals surface area contributed by atoms with Crippen LogP contribution in [0.15, 0.2) is 40.9 Å². The molecular formula is C14H10BrN3O2. The molecule has 0 amide bonds. The monoisotopic (exact) mass is 331 g/mol. The van der Waals surface area contributed by atoms with Crippen molar-refractivity contribution < 1.29 is 4.92 Å². The highest BCUT2D eigenvalue weighted by Gasteiger charge is 2.14. The summed E-state index contributed by atoms with van der Waals surface area (Å²) in [6.45, 7) is 1.98. The van der Waals surface area contributed by atoms with Crippen molar-refractivity contribution in [3.8, 4) is 6.07 Å². The van der Waals surface area contributed by atoms with Crippen LogP contribution >= 0.6 is 15.9 Å². The molecule has 6 heteroatoms. The molecule has 0 atom stereocenters. The van der Waals surface area contributed by atoms with Crippen molar-refractivity contribution in [1.29, 1.82) is 5.26 Å². The second-order valence-electron chi connectivity index (χ2n) is 4.21.